The van der Waals surface area contributed by atoms with Crippen LogP contribution >= 0.6 is 0 Å². The molecular formula is C26H24O8. The maximum Gasteiger partial charge on any atom is 0.235 e. The van der Waals surface area contributed by atoms with E-state index in [0.29, 0.717) is 29.4 Å². The molecule has 3 aromatic carbocycles. The monoisotopic (exact) mass is 464 g/mol. The third-order valence-corrected chi connectivity index (χ3v) is 4.96. The van der Waals surface area contributed by atoms with Crippen LogP contribution < -0.4 is 19.6 Å². The standard InChI is InChI=1S/C26H24O8/c1-29-15-32-19-9-10-20-22(13-19)34-26(25(28)24(20)27)18-8-11-21(23(12-18)33-16-30-2)31-14-17-6-4-3-5-7-17/h3-13,28H,14-16H2,1-2H3. The van der Waals surface area contributed by atoms with Gasteiger partial charge in [-0.15, -0.1) is 0 Å². The van der Waals surface area contributed by atoms with Crippen LogP contribution in [-0.2, 0) is 16.1 Å². The molecule has 0 saturated carbocycles. The SMILES string of the molecule is COCOc1ccc2c(=O)c(O)c(-c3ccc(OCc4ccccc4)c(OCOC)c3)oc2c1. The Balaban J connectivity index is 1.71. The molecule has 4 rings (SSSR count). The van der Waals surface area contributed by atoms with Gasteiger partial charge in [0.1, 0.15) is 17.9 Å². The van der Waals surface area contributed by atoms with Gasteiger partial charge in [0.2, 0.25) is 11.2 Å². The van der Waals surface area contributed by atoms with Gasteiger partial charge >= 0.3 is 0 Å². The molecule has 0 radical (unpaired) electrons. The van der Waals surface area contributed by atoms with E-state index in [2.05, 4.69) is 0 Å². The number of hydrogen-bond donors (Lipinski definition) is 1. The Bertz CT molecular complexity index is 1310. The van der Waals surface area contributed by atoms with Crippen LogP contribution in [-0.4, -0.2) is 32.9 Å². The van der Waals surface area contributed by atoms with Gasteiger partial charge in [-0.25, -0.2) is 0 Å². The van der Waals surface area contributed by atoms with Crippen LogP contribution in [0.1, 0.15) is 5.56 Å². The van der Waals surface area contributed by atoms with E-state index in [0.717, 1.165) is 5.56 Å². The second-order valence-corrected chi connectivity index (χ2v) is 7.30. The van der Waals surface area contributed by atoms with Crippen molar-refractivity contribution in [3.63, 3.8) is 0 Å². The normalized spacial score (nSPS) is 10.9. The summed E-state index contributed by atoms with van der Waals surface area (Å²) in [4.78, 5) is 12.8. The lowest BCUT2D eigenvalue weighted by molar-refractivity contribution is 0.0484. The number of aromatic hydroxyl groups is 1. The molecule has 0 bridgehead atoms. The van der Waals surface area contributed by atoms with Gasteiger partial charge in [-0.1, -0.05) is 30.3 Å². The highest BCUT2D eigenvalue weighted by Gasteiger charge is 2.18. The van der Waals surface area contributed by atoms with Crippen LogP contribution in [0.4, 0.5) is 0 Å². The average Bonchev–Trinajstić information content (AvgIpc) is 2.87. The molecule has 0 amide bonds. The highest BCUT2D eigenvalue weighted by Crippen LogP contribution is 2.37. The summed E-state index contributed by atoms with van der Waals surface area (Å²) >= 11 is 0. The molecule has 0 unspecified atom stereocenters. The number of benzene rings is 3. The molecule has 0 fully saturated rings. The highest BCUT2D eigenvalue weighted by molar-refractivity contribution is 5.83. The summed E-state index contributed by atoms with van der Waals surface area (Å²) in [6, 6.07) is 19.4. The van der Waals surface area contributed by atoms with Gasteiger partial charge in [0.15, 0.2) is 30.8 Å². The summed E-state index contributed by atoms with van der Waals surface area (Å²) in [5, 5.41) is 10.8. The maximum absolute atomic E-state index is 12.8. The number of rotatable bonds is 10. The fourth-order valence-corrected chi connectivity index (χ4v) is 3.32. The first-order valence-electron chi connectivity index (χ1n) is 10.4. The van der Waals surface area contributed by atoms with Crippen LogP contribution in [0, 0.1) is 0 Å². The minimum absolute atomic E-state index is 0.00160. The largest absolute Gasteiger partial charge is 0.502 e. The van der Waals surface area contributed by atoms with Crippen LogP contribution in [0.5, 0.6) is 23.0 Å². The van der Waals surface area contributed by atoms with Gasteiger partial charge in [0.05, 0.1) is 5.39 Å². The summed E-state index contributed by atoms with van der Waals surface area (Å²) in [6.45, 7) is 0.369. The molecule has 0 aliphatic carbocycles. The maximum atomic E-state index is 12.8. The number of hydrogen-bond acceptors (Lipinski definition) is 8. The van der Waals surface area contributed by atoms with Gasteiger partial charge in [-0.2, -0.15) is 0 Å². The predicted octanol–water partition coefficient (Wildman–Crippen LogP) is 4.71. The van der Waals surface area contributed by atoms with E-state index in [-0.39, 0.29) is 30.3 Å². The lowest BCUT2D eigenvalue weighted by atomic mass is 10.1. The van der Waals surface area contributed by atoms with Gasteiger partial charge < -0.3 is 33.2 Å². The first-order valence-corrected chi connectivity index (χ1v) is 10.4. The summed E-state index contributed by atoms with van der Waals surface area (Å²) in [7, 11) is 3.01. The zero-order chi connectivity index (χ0) is 23.9. The smallest absolute Gasteiger partial charge is 0.235 e. The van der Waals surface area contributed by atoms with Crippen molar-refractivity contribution in [1.29, 1.82) is 0 Å². The average molecular weight is 464 g/mol. The molecular weight excluding hydrogens is 440 g/mol. The van der Waals surface area contributed by atoms with Crippen LogP contribution in [0.2, 0.25) is 0 Å². The van der Waals surface area contributed by atoms with Gasteiger partial charge in [0.25, 0.3) is 0 Å². The van der Waals surface area contributed by atoms with Crippen molar-refractivity contribution in [1.82, 2.24) is 0 Å². The van der Waals surface area contributed by atoms with E-state index in [9.17, 15) is 9.90 Å². The Morgan fingerprint density at radius 2 is 1.59 bits per heavy atom. The minimum atomic E-state index is -0.557. The lowest BCUT2D eigenvalue weighted by Gasteiger charge is -2.14. The fourth-order valence-electron chi connectivity index (χ4n) is 3.32. The molecule has 0 aliphatic heterocycles. The first kappa shape index (κ1) is 23.2. The Kier molecular flexibility index (Phi) is 7.31. The van der Waals surface area contributed by atoms with Gasteiger partial charge in [-0.05, 0) is 35.9 Å². The number of ether oxygens (including phenoxy) is 5. The van der Waals surface area contributed by atoms with E-state index in [1.807, 2.05) is 30.3 Å². The van der Waals surface area contributed by atoms with Crippen molar-refractivity contribution in [2.24, 2.45) is 0 Å². The topological polar surface area (TPSA) is 96.6 Å². The van der Waals surface area contributed by atoms with Crippen LogP contribution in [0.3, 0.4) is 0 Å². The molecule has 4 aromatic rings. The molecule has 0 atom stereocenters. The predicted molar refractivity (Wildman–Crippen MR) is 125 cm³/mol. The van der Waals surface area contributed by atoms with E-state index >= 15 is 0 Å². The zero-order valence-corrected chi connectivity index (χ0v) is 18.8. The molecule has 1 aromatic heterocycles. The Hall–Kier alpha value is -4.01. The Morgan fingerprint density at radius 3 is 2.35 bits per heavy atom. The third-order valence-electron chi connectivity index (χ3n) is 4.96. The molecule has 0 aliphatic rings. The summed E-state index contributed by atoms with van der Waals surface area (Å²) in [5.41, 5.74) is 1.13. The first-order chi connectivity index (χ1) is 16.6. The van der Waals surface area contributed by atoms with E-state index in [1.54, 1.807) is 30.3 Å². The molecule has 8 heteroatoms. The van der Waals surface area contributed by atoms with E-state index in [1.165, 1.54) is 20.3 Å². The van der Waals surface area contributed by atoms with Crippen LogP contribution in [0.15, 0.2) is 75.9 Å². The summed E-state index contributed by atoms with van der Waals surface area (Å²) in [5.74, 6) is 0.798. The van der Waals surface area contributed by atoms with Crippen molar-refractivity contribution >= 4 is 11.0 Å². The molecule has 1 N–H and O–H groups in total. The second-order valence-electron chi connectivity index (χ2n) is 7.30. The van der Waals surface area contributed by atoms with Crippen molar-refractivity contribution in [3.8, 4) is 34.3 Å². The number of fused-ring (bicyclic) bond motifs is 1. The van der Waals surface area contributed by atoms with E-state index in [4.69, 9.17) is 28.1 Å². The quantitative estimate of drug-likeness (QED) is 0.337. The third kappa shape index (κ3) is 5.14. The van der Waals surface area contributed by atoms with Crippen LogP contribution in [0.25, 0.3) is 22.3 Å². The molecule has 0 saturated heterocycles. The molecule has 0 spiro atoms. The number of methoxy groups -OCH3 is 2. The fraction of sp³-hybridized carbons (Fsp3) is 0.192. The van der Waals surface area contributed by atoms with Crippen molar-refractivity contribution in [3.05, 3.63) is 82.5 Å². The highest BCUT2D eigenvalue weighted by atomic mass is 16.7. The minimum Gasteiger partial charge on any atom is -0.502 e. The molecule has 176 valence electrons. The molecule has 34 heavy (non-hydrogen) atoms. The van der Waals surface area contributed by atoms with Gasteiger partial charge in [-0.3, -0.25) is 4.79 Å². The zero-order valence-electron chi connectivity index (χ0n) is 18.8. The second kappa shape index (κ2) is 10.7. The summed E-state index contributed by atoms with van der Waals surface area (Å²) in [6.07, 6.45) is 0. The summed E-state index contributed by atoms with van der Waals surface area (Å²) < 4.78 is 32.9. The molecule has 1 heterocycles. The van der Waals surface area contributed by atoms with Crippen molar-refractivity contribution < 1.29 is 33.2 Å². The van der Waals surface area contributed by atoms with Crippen molar-refractivity contribution in [2.75, 3.05) is 27.8 Å². The lowest BCUT2D eigenvalue weighted by Crippen LogP contribution is -2.05. The Labute approximate surface area is 195 Å². The van der Waals surface area contributed by atoms with Gasteiger partial charge in [0, 0.05) is 25.8 Å². The van der Waals surface area contributed by atoms with E-state index < -0.39 is 11.2 Å². The van der Waals surface area contributed by atoms with Crippen molar-refractivity contribution in [2.45, 2.75) is 6.61 Å². The Morgan fingerprint density at radius 1 is 0.824 bits per heavy atom. The molecule has 8 nitrogen and oxygen atoms in total.